The van der Waals surface area contributed by atoms with E-state index in [1.165, 1.54) is 6.33 Å². The van der Waals surface area contributed by atoms with Crippen LogP contribution in [0.25, 0.3) is 10.2 Å². The van der Waals surface area contributed by atoms with Crippen LogP contribution in [0.3, 0.4) is 0 Å². The molecule has 0 fully saturated rings. The number of phenols is 1. The molecule has 0 radical (unpaired) electrons. The Morgan fingerprint density at radius 2 is 2.20 bits per heavy atom. The number of nitrogens with zero attached hydrogens (tertiary/aromatic N) is 2. The molecule has 0 amide bonds. The number of carboxylic acid groups (broad SMARTS) is 1. The van der Waals surface area contributed by atoms with Crippen molar-refractivity contribution in [3.05, 3.63) is 40.5 Å². The minimum Gasteiger partial charge on any atom is -0.508 e. The largest absolute Gasteiger partial charge is 0.508 e. The van der Waals surface area contributed by atoms with Gasteiger partial charge < -0.3 is 15.5 Å². The Balaban J connectivity index is 1.75. The summed E-state index contributed by atoms with van der Waals surface area (Å²) >= 11 is 1.55. The van der Waals surface area contributed by atoms with Gasteiger partial charge in [0.1, 0.15) is 22.7 Å². The normalized spacial score (nSPS) is 16.6. The first kappa shape index (κ1) is 15.8. The van der Waals surface area contributed by atoms with Gasteiger partial charge in [0.25, 0.3) is 0 Å². The number of nitrogens with one attached hydrogen (secondary N) is 1. The second-order valence-corrected chi connectivity index (χ2v) is 7.39. The molecule has 1 unspecified atom stereocenters. The third kappa shape index (κ3) is 2.80. The number of aromatic nitrogens is 2. The summed E-state index contributed by atoms with van der Waals surface area (Å²) in [6.07, 6.45) is 3.41. The van der Waals surface area contributed by atoms with Crippen LogP contribution in [-0.2, 0) is 17.6 Å². The first-order valence-corrected chi connectivity index (χ1v) is 8.89. The summed E-state index contributed by atoms with van der Waals surface area (Å²) in [5.41, 5.74) is 2.71. The van der Waals surface area contributed by atoms with E-state index in [0.29, 0.717) is 25.1 Å². The van der Waals surface area contributed by atoms with E-state index in [9.17, 15) is 15.0 Å². The maximum atomic E-state index is 11.3. The zero-order valence-corrected chi connectivity index (χ0v) is 14.4. The van der Waals surface area contributed by atoms with E-state index >= 15 is 0 Å². The van der Waals surface area contributed by atoms with E-state index in [4.69, 9.17) is 0 Å². The predicted octanol–water partition coefficient (Wildman–Crippen LogP) is 3.64. The number of hydrogen-bond acceptors (Lipinski definition) is 6. The number of fused-ring (bicyclic) bond motifs is 3. The van der Waals surface area contributed by atoms with Gasteiger partial charge in [0.05, 0.1) is 11.3 Å². The molecule has 0 saturated heterocycles. The van der Waals surface area contributed by atoms with E-state index in [2.05, 4.69) is 15.3 Å². The van der Waals surface area contributed by atoms with Gasteiger partial charge in [0, 0.05) is 16.6 Å². The van der Waals surface area contributed by atoms with Gasteiger partial charge in [-0.3, -0.25) is 4.79 Å². The Morgan fingerprint density at radius 3 is 2.96 bits per heavy atom. The van der Waals surface area contributed by atoms with Crippen molar-refractivity contribution in [3.8, 4) is 5.75 Å². The highest BCUT2D eigenvalue weighted by molar-refractivity contribution is 7.19. The molecule has 1 aliphatic rings. The lowest BCUT2D eigenvalue weighted by molar-refractivity contribution is -0.142. The molecule has 0 saturated carbocycles. The smallest absolute Gasteiger partial charge is 0.306 e. The van der Waals surface area contributed by atoms with Crippen molar-refractivity contribution < 1.29 is 15.0 Å². The number of thiophene rings is 1. The Labute approximate surface area is 148 Å². The van der Waals surface area contributed by atoms with E-state index in [0.717, 1.165) is 31.9 Å². The van der Waals surface area contributed by atoms with Gasteiger partial charge >= 0.3 is 5.97 Å². The Hall–Kier alpha value is -2.67. The van der Waals surface area contributed by atoms with E-state index < -0.39 is 5.97 Å². The molecule has 7 heteroatoms. The molecular weight excluding hydrogens is 338 g/mol. The van der Waals surface area contributed by atoms with Crippen LogP contribution in [0.4, 0.5) is 11.5 Å². The van der Waals surface area contributed by atoms with Crippen LogP contribution in [0.1, 0.15) is 22.4 Å². The van der Waals surface area contributed by atoms with Crippen molar-refractivity contribution in [2.24, 2.45) is 5.92 Å². The maximum Gasteiger partial charge on any atom is 0.306 e. The van der Waals surface area contributed by atoms with Gasteiger partial charge in [-0.15, -0.1) is 11.3 Å². The lowest BCUT2D eigenvalue weighted by Crippen LogP contribution is -2.21. The molecule has 1 aromatic carbocycles. The van der Waals surface area contributed by atoms with Gasteiger partial charge in [0.15, 0.2) is 0 Å². The van der Waals surface area contributed by atoms with Gasteiger partial charge in [-0.2, -0.15) is 0 Å². The number of hydrogen-bond donors (Lipinski definition) is 3. The van der Waals surface area contributed by atoms with Crippen molar-refractivity contribution in [3.63, 3.8) is 0 Å². The highest BCUT2D eigenvalue weighted by Gasteiger charge is 2.28. The number of phenolic OH excluding ortho intramolecular Hbond substituents is 1. The lowest BCUT2D eigenvalue weighted by atomic mass is 9.88. The highest BCUT2D eigenvalue weighted by atomic mass is 32.1. The number of aromatic hydroxyl groups is 1. The van der Waals surface area contributed by atoms with Crippen molar-refractivity contribution in [1.82, 2.24) is 9.97 Å². The minimum absolute atomic E-state index is 0.229. The van der Waals surface area contributed by atoms with Crippen LogP contribution >= 0.6 is 11.3 Å². The fourth-order valence-electron chi connectivity index (χ4n) is 3.24. The number of rotatable bonds is 3. The molecular formula is C18H17N3O3S. The monoisotopic (exact) mass is 355 g/mol. The topological polar surface area (TPSA) is 95.3 Å². The third-order valence-electron chi connectivity index (χ3n) is 4.67. The SMILES string of the molecule is Cc1ccc(Nc2ncnc3sc4c(c23)CCC(C(=O)O)C4)cc1O. The molecule has 3 aromatic rings. The van der Waals surface area contributed by atoms with E-state index in [1.54, 1.807) is 17.4 Å². The third-order valence-corrected chi connectivity index (χ3v) is 5.83. The fourth-order valence-corrected chi connectivity index (χ4v) is 4.51. The quantitative estimate of drug-likeness (QED) is 0.664. The zero-order chi connectivity index (χ0) is 17.6. The molecule has 2 heterocycles. The fraction of sp³-hybridized carbons (Fsp3) is 0.278. The van der Waals surface area contributed by atoms with Gasteiger partial charge in [-0.05, 0) is 43.4 Å². The van der Waals surface area contributed by atoms with Crippen LogP contribution in [0.5, 0.6) is 5.75 Å². The average Bonchev–Trinajstić information content (AvgIpc) is 2.96. The van der Waals surface area contributed by atoms with Crippen molar-refractivity contribution in [1.29, 1.82) is 0 Å². The van der Waals surface area contributed by atoms with Crippen LogP contribution in [0.15, 0.2) is 24.5 Å². The number of carboxylic acids is 1. The highest BCUT2D eigenvalue weighted by Crippen LogP contribution is 2.40. The first-order valence-electron chi connectivity index (χ1n) is 8.07. The molecule has 4 rings (SSSR count). The average molecular weight is 355 g/mol. The number of benzene rings is 1. The standard InChI is InChI=1S/C18H17N3O3S/c1-9-2-4-11(7-13(9)22)21-16-15-12-5-3-10(18(23)24)6-14(12)25-17(15)20-8-19-16/h2,4,7-8,10,22H,3,5-6H2,1H3,(H,23,24)(H,19,20,21). The summed E-state index contributed by atoms with van der Waals surface area (Å²) in [5.74, 6) is -0.131. The molecule has 1 atom stereocenters. The molecule has 2 aromatic heterocycles. The zero-order valence-electron chi connectivity index (χ0n) is 13.6. The number of anilines is 2. The van der Waals surface area contributed by atoms with Gasteiger partial charge in [0.2, 0.25) is 0 Å². The number of aryl methyl sites for hydroxylation is 2. The maximum absolute atomic E-state index is 11.3. The number of aliphatic carboxylic acids is 1. The summed E-state index contributed by atoms with van der Waals surface area (Å²) in [5, 5.41) is 23.4. The summed E-state index contributed by atoms with van der Waals surface area (Å²) in [6.45, 7) is 1.84. The molecule has 1 aliphatic carbocycles. The first-order chi connectivity index (χ1) is 12.0. The summed E-state index contributed by atoms with van der Waals surface area (Å²) in [4.78, 5) is 22.0. The van der Waals surface area contributed by atoms with Crippen LogP contribution in [0.2, 0.25) is 0 Å². The molecule has 6 nitrogen and oxygen atoms in total. The summed E-state index contributed by atoms with van der Waals surface area (Å²) < 4.78 is 0. The molecule has 0 bridgehead atoms. The summed E-state index contributed by atoms with van der Waals surface area (Å²) in [6, 6.07) is 5.40. The molecule has 3 N–H and O–H groups in total. The van der Waals surface area contributed by atoms with Crippen molar-refractivity contribution in [2.45, 2.75) is 26.2 Å². The van der Waals surface area contributed by atoms with Gasteiger partial charge in [-0.25, -0.2) is 9.97 Å². The molecule has 0 aliphatic heterocycles. The number of carbonyl (C=O) groups is 1. The second-order valence-electron chi connectivity index (χ2n) is 6.31. The van der Waals surface area contributed by atoms with Gasteiger partial charge in [-0.1, -0.05) is 6.07 Å². The lowest BCUT2D eigenvalue weighted by Gasteiger charge is -2.18. The summed E-state index contributed by atoms with van der Waals surface area (Å²) in [7, 11) is 0. The van der Waals surface area contributed by atoms with Crippen LogP contribution in [-0.4, -0.2) is 26.2 Å². The Kier molecular flexibility index (Phi) is 3.80. The Bertz CT molecular complexity index is 983. The minimum atomic E-state index is -0.734. The molecule has 128 valence electrons. The van der Waals surface area contributed by atoms with E-state index in [1.807, 2.05) is 19.1 Å². The predicted molar refractivity (Wildman–Crippen MR) is 96.7 cm³/mol. The van der Waals surface area contributed by atoms with Crippen LogP contribution < -0.4 is 5.32 Å². The second kappa shape index (κ2) is 6.00. The molecule has 25 heavy (non-hydrogen) atoms. The van der Waals surface area contributed by atoms with E-state index in [-0.39, 0.29) is 11.7 Å². The molecule has 0 spiro atoms. The van der Waals surface area contributed by atoms with Crippen molar-refractivity contribution in [2.75, 3.05) is 5.32 Å². The Morgan fingerprint density at radius 1 is 1.36 bits per heavy atom. The van der Waals surface area contributed by atoms with Crippen molar-refractivity contribution >= 4 is 39.0 Å². The van der Waals surface area contributed by atoms with Crippen LogP contribution in [0, 0.1) is 12.8 Å².